The van der Waals surface area contributed by atoms with E-state index in [0.717, 1.165) is 148 Å². The van der Waals surface area contributed by atoms with Crippen LogP contribution in [0.4, 0.5) is 9.59 Å². The van der Waals surface area contributed by atoms with E-state index in [4.69, 9.17) is 15.6 Å². The molecule has 36 heteroatoms. The van der Waals surface area contributed by atoms with Gasteiger partial charge in [0.05, 0.1) is 56.2 Å². The summed E-state index contributed by atoms with van der Waals surface area (Å²) in [5.74, 6) is -6.27. The van der Waals surface area contributed by atoms with Crippen LogP contribution in [0, 0.1) is 51.8 Å². The Morgan fingerprint density at radius 1 is 0.391 bits per heavy atom. The van der Waals surface area contributed by atoms with Crippen LogP contribution in [0.3, 0.4) is 0 Å². The van der Waals surface area contributed by atoms with Crippen molar-refractivity contribution in [2.24, 2.45) is 57.5 Å². The van der Waals surface area contributed by atoms with E-state index in [1.54, 1.807) is 77.0 Å². The van der Waals surface area contributed by atoms with Crippen molar-refractivity contribution < 1.29 is 93.9 Å². The summed E-state index contributed by atoms with van der Waals surface area (Å²) in [6.45, 7) is 29.7. The van der Waals surface area contributed by atoms with Crippen molar-refractivity contribution in [1.29, 1.82) is 0 Å². The molecule has 133 heavy (non-hydrogen) atoms. The Morgan fingerprint density at radius 3 is 0.880 bits per heavy atom. The Morgan fingerprint density at radius 2 is 0.624 bits per heavy atom. The van der Waals surface area contributed by atoms with E-state index < -0.39 is 154 Å². The number of hydrogen-bond donors (Lipinski definition) is 12. The number of carbonyl (C=O) groups is 15. The summed E-state index contributed by atoms with van der Waals surface area (Å²) in [6, 6.07) is -8.70. The zero-order chi connectivity index (χ0) is 98.6. The van der Waals surface area contributed by atoms with Gasteiger partial charge in [-0.3, -0.25) is 62.3 Å². The van der Waals surface area contributed by atoms with Gasteiger partial charge in [0, 0.05) is 39.3 Å². The summed E-state index contributed by atoms with van der Waals surface area (Å²) in [6.07, 6.45) is 28.8. The van der Waals surface area contributed by atoms with Gasteiger partial charge in [0.2, 0.25) is 52.8 Å². The smallest absolute Gasteiger partial charge is 0.315 e. The number of hydrogen-bond acceptors (Lipinski definition) is 20. The number of likely N-dealkylation sites (N-methyl/N-ethyl adjacent to an activating group) is 3. The molecule has 6 saturated heterocycles. The molecule has 5 aliphatic carbocycles. The first-order chi connectivity index (χ1) is 62.5. The molecule has 0 unspecified atom stereocenters. The SMILES string of the molecule is CCNC(=O)C(=O)[C@@H]1CCCCCCCCC[C@H](N)C(=O)N2C[C@H]3[C@@H]([C@H]2C(=O)N1)C3(C)C.CCNC(=O)C(=O)[C@@H]1CCCCCCCCC[C@H](NC(=O)NC2(CS(=O)(=O)C(C)(C)C)CCCCC2)C(=O)N2C[C@H]3[C@@H]([C@H]2C(=O)N1)C3(C)C.CCNC(=O)C(=O)[C@@H]1CCCCCCCCC[C@H](NC(=O)NC2(CS(=O)(=O)C(C)(C)C)CCCCC2)C(=O)N2C[C@H]3[C@@H]([C@H]2C(=O)N1)C3(C)C.O=CO. The average Bonchev–Trinajstić information content (AvgIpc) is 1.52. The van der Waals surface area contributed by atoms with Crippen LogP contribution in [0.25, 0.3) is 0 Å². The molecule has 15 atom stereocenters. The second-order valence-corrected chi connectivity index (χ2v) is 49.1. The zero-order valence-corrected chi connectivity index (χ0v) is 84.1. The maximum Gasteiger partial charge on any atom is 0.315 e. The van der Waals surface area contributed by atoms with Crippen LogP contribution < -0.4 is 58.9 Å². The zero-order valence-electron chi connectivity index (χ0n) is 82.5. The Hall–Kier alpha value is -7.89. The Kier molecular flexibility index (Phi) is 39.8. The van der Waals surface area contributed by atoms with Gasteiger partial charge in [-0.15, -0.1) is 0 Å². The van der Waals surface area contributed by atoms with E-state index in [0.29, 0.717) is 129 Å². The molecule has 11 fully saturated rings. The van der Waals surface area contributed by atoms with Crippen molar-refractivity contribution in [2.45, 2.75) is 416 Å². The van der Waals surface area contributed by atoms with Gasteiger partial charge in [-0.1, -0.05) is 215 Å². The molecule has 6 aliphatic heterocycles. The van der Waals surface area contributed by atoms with Crippen molar-refractivity contribution in [3.05, 3.63) is 0 Å². The van der Waals surface area contributed by atoms with Gasteiger partial charge in [-0.25, -0.2) is 26.4 Å². The fraction of sp³-hybridized carbons (Fsp3) is 0.845. The molecular formula is C97H164N14O20S2. The monoisotopic (exact) mass is 1910 g/mol. The highest BCUT2D eigenvalue weighted by Crippen LogP contribution is 2.67. The van der Waals surface area contributed by atoms with E-state index in [9.17, 15) is 84.0 Å². The number of nitrogens with two attached hydrogens (primary N) is 1. The van der Waals surface area contributed by atoms with Crippen LogP contribution in [-0.2, 0) is 82.0 Å². The fourth-order valence-corrected chi connectivity index (χ4v) is 25.4. The lowest BCUT2D eigenvalue weighted by Gasteiger charge is -2.40. The van der Waals surface area contributed by atoms with Crippen LogP contribution in [0.15, 0.2) is 0 Å². The lowest BCUT2D eigenvalue weighted by molar-refractivity contribution is -0.144. The van der Waals surface area contributed by atoms with Gasteiger partial charge in [-0.05, 0) is 178 Å². The lowest BCUT2D eigenvalue weighted by atomic mass is 9.83. The molecule has 34 nitrogen and oxygen atoms in total. The lowest BCUT2D eigenvalue weighted by Crippen LogP contribution is -2.62. The highest BCUT2D eigenvalue weighted by molar-refractivity contribution is 7.93. The number of nitrogens with one attached hydrogen (secondary N) is 10. The van der Waals surface area contributed by atoms with Crippen LogP contribution in [0.2, 0.25) is 0 Å². The summed E-state index contributed by atoms with van der Waals surface area (Å²) in [5.41, 5.74) is 4.00. The van der Waals surface area contributed by atoms with Crippen LogP contribution >= 0.6 is 0 Å². The number of carboxylic acid groups (broad SMARTS) is 1. The number of sulfone groups is 2. The number of carbonyl (C=O) groups excluding carboxylic acids is 14. The third kappa shape index (κ3) is 28.4. The maximum atomic E-state index is 14.4. The molecule has 11 rings (SSSR count). The summed E-state index contributed by atoms with van der Waals surface area (Å²) < 4.78 is 51.4. The number of piperidine rings is 3. The van der Waals surface area contributed by atoms with E-state index in [-0.39, 0.29) is 93.4 Å². The number of amides is 13. The normalized spacial score (nSPS) is 29.9. The molecule has 0 aromatic heterocycles. The average molecular weight is 1910 g/mol. The van der Waals surface area contributed by atoms with Crippen molar-refractivity contribution in [3.63, 3.8) is 0 Å². The first-order valence-corrected chi connectivity index (χ1v) is 53.5. The Balaban J connectivity index is 0.000000247. The molecule has 5 saturated carbocycles. The molecular weight excluding hydrogens is 1750 g/mol. The fourth-order valence-electron chi connectivity index (χ4n) is 22.3. The Bertz CT molecular complexity index is 4120. The minimum absolute atomic E-state index is 0.0250. The molecule has 11 aliphatic rings. The summed E-state index contributed by atoms with van der Waals surface area (Å²) >= 11 is 0. The molecule has 0 bridgehead atoms. The molecule has 6 heterocycles. The second kappa shape index (κ2) is 47.9. The van der Waals surface area contributed by atoms with Crippen LogP contribution in [0.5, 0.6) is 0 Å². The topological polar surface area (TPSA) is 501 Å². The first-order valence-electron chi connectivity index (χ1n) is 50.2. The van der Waals surface area contributed by atoms with E-state index in [1.807, 2.05) is 0 Å². The van der Waals surface area contributed by atoms with Gasteiger partial charge in [0.15, 0.2) is 19.7 Å². The second-order valence-electron chi connectivity index (χ2n) is 43.6. The third-order valence-corrected chi connectivity index (χ3v) is 36.6. The number of Topliss-reactive ketones (excluding diaryl/α,β-unsaturated/α-hetero) is 3. The number of nitrogens with zero attached hydrogens (tertiary/aromatic N) is 3. The number of rotatable bonds is 17. The first kappa shape index (κ1) is 110. The largest absolute Gasteiger partial charge is 0.483 e. The number of ketones is 3. The molecule has 0 aromatic carbocycles. The number of urea groups is 2. The maximum absolute atomic E-state index is 14.4. The standard InChI is InChI=1S/2C36H61N5O7S.C24H40N4O4.CH2O2/c2*1-7-37-31(44)29(42)25-18-14-11-9-8-10-12-15-19-26(32(45)41-22-24-27(35(24,5)6)28(41)30(43)38-25)39-33(46)40-36(20-16-13-17-21-36)23-49(47,48)34(2,3)4;1-4-26-22(31)20(29)17-13-11-9-7-5-6-8-10-12-16(25)23(32)28-14-15-18(24(15,2)3)19(28)21(30)27-17;2-1-3/h2*24-28H,7-23H2,1-6H3,(H,37,44)(H,38,43)(H2,39,40,46);15-19H,4-14,25H2,1-3H3,(H,26,31)(H,27,30);1H,(H,2,3)/t2*24-,25-,26-,27-,28-;15-,16-,17-,18-,19-;/m000./s1. The molecule has 0 spiro atoms. The molecule has 13 N–H and O–H groups in total. The van der Waals surface area contributed by atoms with Gasteiger partial charge >= 0.3 is 12.1 Å². The van der Waals surface area contributed by atoms with Crippen molar-refractivity contribution in [1.82, 2.24) is 67.9 Å². The van der Waals surface area contributed by atoms with Gasteiger partial charge < -0.3 is 78.7 Å². The van der Waals surface area contributed by atoms with Crippen LogP contribution in [0.1, 0.15) is 341 Å². The summed E-state index contributed by atoms with van der Waals surface area (Å²) in [4.78, 5) is 201. The van der Waals surface area contributed by atoms with Gasteiger partial charge in [-0.2, -0.15) is 0 Å². The van der Waals surface area contributed by atoms with Gasteiger partial charge in [0.1, 0.15) is 30.2 Å². The molecule has 0 radical (unpaired) electrons. The molecule has 13 amide bonds. The number of fused-ring (bicyclic) bond motifs is 9. The predicted octanol–water partition coefficient (Wildman–Crippen LogP) is 8.75. The van der Waals surface area contributed by atoms with Crippen LogP contribution in [-0.4, -0.2) is 251 Å². The predicted molar refractivity (Wildman–Crippen MR) is 507 cm³/mol. The van der Waals surface area contributed by atoms with Crippen molar-refractivity contribution in [3.8, 4) is 0 Å². The van der Waals surface area contributed by atoms with Gasteiger partial charge in [0.25, 0.3) is 24.2 Å². The highest BCUT2D eigenvalue weighted by atomic mass is 32.2. The van der Waals surface area contributed by atoms with E-state index in [1.165, 1.54) is 0 Å². The van der Waals surface area contributed by atoms with Crippen molar-refractivity contribution >= 4 is 109 Å². The van der Waals surface area contributed by atoms with Crippen molar-refractivity contribution in [2.75, 3.05) is 50.8 Å². The van der Waals surface area contributed by atoms with E-state index >= 15 is 0 Å². The molecule has 0 aromatic rings. The van der Waals surface area contributed by atoms with E-state index in [2.05, 4.69) is 94.7 Å². The quantitative estimate of drug-likeness (QED) is 0.0478. The molecule has 754 valence electrons. The minimum atomic E-state index is -3.55. The third-order valence-electron chi connectivity index (χ3n) is 31.0. The summed E-state index contributed by atoms with van der Waals surface area (Å²) in [5, 5.41) is 35.1. The minimum Gasteiger partial charge on any atom is -0.483 e. The highest BCUT2D eigenvalue weighted by Gasteiger charge is 2.72. The Labute approximate surface area is 790 Å². The summed E-state index contributed by atoms with van der Waals surface area (Å²) in [7, 11) is -7.09.